The molecule has 1 N–H and O–H groups in total. The summed E-state index contributed by atoms with van der Waals surface area (Å²) in [6, 6.07) is 8.97. The van der Waals surface area contributed by atoms with E-state index >= 15 is 0 Å². The van der Waals surface area contributed by atoms with Crippen molar-refractivity contribution in [3.05, 3.63) is 29.8 Å². The van der Waals surface area contributed by atoms with Gasteiger partial charge in [-0.3, -0.25) is 4.90 Å². The van der Waals surface area contributed by atoms with Crippen LogP contribution in [0.2, 0.25) is 0 Å². The number of unbranched alkanes of at least 4 members (excludes halogenated alkanes) is 5. The lowest BCUT2D eigenvalue weighted by molar-refractivity contribution is 0.252. The molecule has 0 bridgehead atoms. The van der Waals surface area contributed by atoms with E-state index < -0.39 is 0 Å². The molecular weight excluding hydrogens is 282 g/mol. The summed E-state index contributed by atoms with van der Waals surface area (Å²) in [6.07, 6.45) is 8.30. The third kappa shape index (κ3) is 6.92. The minimum atomic E-state index is 1.17. The molecule has 1 aliphatic rings. The predicted molar refractivity (Wildman–Crippen MR) is 101 cm³/mol. The van der Waals surface area contributed by atoms with Crippen LogP contribution in [0.25, 0.3) is 0 Å². The van der Waals surface area contributed by atoms with Gasteiger partial charge in [0.05, 0.1) is 0 Å². The summed E-state index contributed by atoms with van der Waals surface area (Å²) < 4.78 is 0. The molecule has 2 rings (SSSR count). The standard InChI is InChI=1S/C20H35N3/c1-19-9-11-20(12-10-19)23-17-15-22(16-18-23)14-8-6-4-3-5-7-13-21-2/h9-12,21H,3-8,13-18H2,1-2H3. The first kappa shape index (κ1) is 18.3. The van der Waals surface area contributed by atoms with Gasteiger partial charge in [0.2, 0.25) is 0 Å². The Hall–Kier alpha value is -1.06. The molecule has 0 aromatic heterocycles. The lowest BCUT2D eigenvalue weighted by Crippen LogP contribution is -2.46. The second-order valence-corrected chi connectivity index (χ2v) is 6.89. The molecule has 0 aliphatic carbocycles. The maximum absolute atomic E-state index is 3.22. The molecule has 0 radical (unpaired) electrons. The fourth-order valence-electron chi connectivity index (χ4n) is 3.33. The number of hydrogen-bond donors (Lipinski definition) is 1. The van der Waals surface area contributed by atoms with Crippen molar-refractivity contribution >= 4 is 5.69 Å². The van der Waals surface area contributed by atoms with Gasteiger partial charge in [-0.25, -0.2) is 0 Å². The molecule has 0 saturated carbocycles. The molecule has 3 nitrogen and oxygen atoms in total. The number of rotatable bonds is 10. The average Bonchev–Trinajstić information content (AvgIpc) is 2.59. The van der Waals surface area contributed by atoms with Crippen molar-refractivity contribution in [3.8, 4) is 0 Å². The predicted octanol–water partition coefficient (Wildman–Crippen LogP) is 3.68. The highest BCUT2D eigenvalue weighted by Gasteiger charge is 2.16. The van der Waals surface area contributed by atoms with E-state index in [0.29, 0.717) is 0 Å². The molecule has 1 saturated heterocycles. The number of anilines is 1. The van der Waals surface area contributed by atoms with Crippen molar-refractivity contribution in [1.82, 2.24) is 10.2 Å². The van der Waals surface area contributed by atoms with Gasteiger partial charge in [0.1, 0.15) is 0 Å². The van der Waals surface area contributed by atoms with Crippen LogP contribution in [-0.2, 0) is 0 Å². The Morgan fingerprint density at radius 3 is 2.09 bits per heavy atom. The van der Waals surface area contributed by atoms with Crippen molar-refractivity contribution in [2.45, 2.75) is 45.4 Å². The van der Waals surface area contributed by atoms with Crippen LogP contribution in [0, 0.1) is 6.92 Å². The first-order valence-corrected chi connectivity index (χ1v) is 9.48. The molecule has 1 aromatic rings. The zero-order chi connectivity index (χ0) is 16.3. The van der Waals surface area contributed by atoms with Crippen molar-refractivity contribution in [2.75, 3.05) is 51.2 Å². The fraction of sp³-hybridized carbons (Fsp3) is 0.700. The monoisotopic (exact) mass is 317 g/mol. The lowest BCUT2D eigenvalue weighted by atomic mass is 10.1. The van der Waals surface area contributed by atoms with Crippen molar-refractivity contribution in [3.63, 3.8) is 0 Å². The maximum atomic E-state index is 3.22. The summed E-state index contributed by atoms with van der Waals surface area (Å²) in [5.41, 5.74) is 2.73. The van der Waals surface area contributed by atoms with Gasteiger partial charge in [-0.1, -0.05) is 43.4 Å². The van der Waals surface area contributed by atoms with Crippen LogP contribution in [0.4, 0.5) is 5.69 Å². The van der Waals surface area contributed by atoms with E-state index in [1.165, 1.54) is 89.0 Å². The van der Waals surface area contributed by atoms with E-state index in [1.807, 2.05) is 7.05 Å². The topological polar surface area (TPSA) is 18.5 Å². The third-order valence-corrected chi connectivity index (χ3v) is 4.92. The molecule has 1 fully saturated rings. The van der Waals surface area contributed by atoms with Gasteiger partial charge in [0.15, 0.2) is 0 Å². The molecule has 3 heteroatoms. The van der Waals surface area contributed by atoms with Crippen molar-refractivity contribution in [1.29, 1.82) is 0 Å². The molecule has 0 unspecified atom stereocenters. The third-order valence-electron chi connectivity index (χ3n) is 4.92. The number of hydrogen-bond acceptors (Lipinski definition) is 3. The van der Waals surface area contributed by atoms with Crippen LogP contribution in [-0.4, -0.2) is 51.2 Å². The molecule has 0 spiro atoms. The van der Waals surface area contributed by atoms with Crippen LogP contribution >= 0.6 is 0 Å². The van der Waals surface area contributed by atoms with E-state index in [-0.39, 0.29) is 0 Å². The van der Waals surface area contributed by atoms with Crippen molar-refractivity contribution < 1.29 is 0 Å². The van der Waals surface area contributed by atoms with Crippen LogP contribution < -0.4 is 10.2 Å². The Kier molecular flexibility index (Phi) is 8.48. The quantitative estimate of drug-likeness (QED) is 0.664. The molecule has 1 heterocycles. The van der Waals surface area contributed by atoms with Gasteiger partial charge in [0, 0.05) is 31.9 Å². The summed E-state index contributed by atoms with van der Waals surface area (Å²) in [5, 5.41) is 3.22. The van der Waals surface area contributed by atoms with E-state index in [0.717, 1.165) is 0 Å². The lowest BCUT2D eigenvalue weighted by Gasteiger charge is -2.36. The minimum absolute atomic E-state index is 1.17. The van der Waals surface area contributed by atoms with Gasteiger partial charge in [-0.05, 0) is 52.0 Å². The Morgan fingerprint density at radius 1 is 0.826 bits per heavy atom. The minimum Gasteiger partial charge on any atom is -0.369 e. The molecule has 23 heavy (non-hydrogen) atoms. The summed E-state index contributed by atoms with van der Waals surface area (Å²) in [4.78, 5) is 5.17. The Morgan fingerprint density at radius 2 is 1.43 bits per heavy atom. The smallest absolute Gasteiger partial charge is 0.0367 e. The second-order valence-electron chi connectivity index (χ2n) is 6.89. The molecule has 1 aliphatic heterocycles. The van der Waals surface area contributed by atoms with E-state index in [9.17, 15) is 0 Å². The van der Waals surface area contributed by atoms with E-state index in [4.69, 9.17) is 0 Å². The first-order chi connectivity index (χ1) is 11.3. The molecule has 0 atom stereocenters. The van der Waals surface area contributed by atoms with Crippen LogP contribution in [0.1, 0.15) is 44.1 Å². The SMILES string of the molecule is CNCCCCCCCCN1CCN(c2ccc(C)cc2)CC1. The van der Waals surface area contributed by atoms with Gasteiger partial charge < -0.3 is 10.2 Å². The van der Waals surface area contributed by atoms with Crippen molar-refractivity contribution in [2.24, 2.45) is 0 Å². The number of piperazine rings is 1. The van der Waals surface area contributed by atoms with Crippen LogP contribution in [0.5, 0.6) is 0 Å². The van der Waals surface area contributed by atoms with E-state index in [2.05, 4.69) is 46.3 Å². The largest absolute Gasteiger partial charge is 0.369 e. The average molecular weight is 318 g/mol. The fourth-order valence-corrected chi connectivity index (χ4v) is 3.33. The summed E-state index contributed by atoms with van der Waals surface area (Å²) >= 11 is 0. The maximum Gasteiger partial charge on any atom is 0.0367 e. The second kappa shape index (κ2) is 10.7. The highest BCUT2D eigenvalue weighted by Crippen LogP contribution is 2.17. The van der Waals surface area contributed by atoms with Crippen LogP contribution in [0.15, 0.2) is 24.3 Å². The molecule has 130 valence electrons. The highest BCUT2D eigenvalue weighted by atomic mass is 15.3. The molecule has 0 amide bonds. The number of nitrogens with one attached hydrogen (secondary N) is 1. The summed E-state index contributed by atoms with van der Waals surface area (Å²) in [5.74, 6) is 0. The Labute approximate surface area is 143 Å². The molecule has 1 aromatic carbocycles. The zero-order valence-electron chi connectivity index (χ0n) is 15.2. The van der Waals surface area contributed by atoms with Gasteiger partial charge >= 0.3 is 0 Å². The summed E-state index contributed by atoms with van der Waals surface area (Å²) in [7, 11) is 2.04. The van der Waals surface area contributed by atoms with E-state index in [1.54, 1.807) is 0 Å². The summed E-state index contributed by atoms with van der Waals surface area (Å²) in [6.45, 7) is 9.40. The number of benzene rings is 1. The van der Waals surface area contributed by atoms with Crippen LogP contribution in [0.3, 0.4) is 0 Å². The number of aryl methyl sites for hydroxylation is 1. The molecular formula is C20H35N3. The first-order valence-electron chi connectivity index (χ1n) is 9.48. The highest BCUT2D eigenvalue weighted by molar-refractivity contribution is 5.47. The van der Waals surface area contributed by atoms with Gasteiger partial charge in [-0.15, -0.1) is 0 Å². The van der Waals surface area contributed by atoms with Gasteiger partial charge in [-0.2, -0.15) is 0 Å². The normalized spacial score (nSPS) is 16.0. The number of nitrogens with zero attached hydrogens (tertiary/aromatic N) is 2. The Bertz CT molecular complexity index is 407. The zero-order valence-corrected chi connectivity index (χ0v) is 15.2. The van der Waals surface area contributed by atoms with Gasteiger partial charge in [0.25, 0.3) is 0 Å². The Balaban J connectivity index is 1.52.